The minimum absolute atomic E-state index is 0. The lowest BCUT2D eigenvalue weighted by atomic mass is 10.5. The first-order valence-corrected chi connectivity index (χ1v) is 5.24. The fourth-order valence-electron chi connectivity index (χ4n) is 0.420. The van der Waals surface area contributed by atoms with E-state index in [2.05, 4.69) is 4.74 Å². The van der Waals surface area contributed by atoms with Crippen molar-refractivity contribution >= 4 is 16.5 Å². The normalized spacial score (nSPS) is 10.6. The van der Waals surface area contributed by atoms with E-state index in [1.807, 2.05) is 21.1 Å². The number of hydrogen-bond donors (Lipinski definition) is 3. The maximum absolute atomic E-state index is 10.1. The summed E-state index contributed by atoms with van der Waals surface area (Å²) in [5.74, 6) is 0. The summed E-state index contributed by atoms with van der Waals surface area (Å²) in [6.07, 6.45) is -0.701. The number of primary amides is 1. The van der Waals surface area contributed by atoms with Gasteiger partial charge in [-0.15, -0.1) is 0 Å². The van der Waals surface area contributed by atoms with Crippen LogP contribution in [0.25, 0.3) is 0 Å². The van der Waals surface area contributed by atoms with Crippen molar-refractivity contribution in [1.29, 1.82) is 0 Å². The van der Waals surface area contributed by atoms with E-state index in [4.69, 9.17) is 23.3 Å². The third-order valence-corrected chi connectivity index (χ3v) is 1.01. The van der Waals surface area contributed by atoms with Crippen molar-refractivity contribution in [2.75, 3.05) is 34.3 Å². The lowest BCUT2D eigenvalue weighted by Crippen LogP contribution is -3.00. The Bertz CT molecular complexity index is 278. The highest BCUT2D eigenvalue weighted by Gasteiger charge is 2.06. The summed E-state index contributed by atoms with van der Waals surface area (Å²) in [6, 6.07) is 0. The molecular formula is C6H17ClN2O6S. The minimum atomic E-state index is -4.67. The SMILES string of the molecule is C[N+](C)(C)CCOC(N)=O.O=S(=O)(O)O.[Cl-]. The number of ether oxygens (including phenoxy) is 1. The van der Waals surface area contributed by atoms with Gasteiger partial charge in [-0.2, -0.15) is 8.42 Å². The number of carbonyl (C=O) groups excluding carboxylic acids is 1. The summed E-state index contributed by atoms with van der Waals surface area (Å²) < 4.78 is 36.9. The second-order valence-corrected chi connectivity index (χ2v) is 4.52. The van der Waals surface area contributed by atoms with Crippen molar-refractivity contribution in [3.8, 4) is 0 Å². The molecule has 0 unspecified atom stereocenters. The van der Waals surface area contributed by atoms with Crippen LogP contribution in [-0.2, 0) is 15.1 Å². The van der Waals surface area contributed by atoms with E-state index in [-0.39, 0.29) is 12.4 Å². The van der Waals surface area contributed by atoms with Gasteiger partial charge in [0.2, 0.25) is 0 Å². The fourth-order valence-corrected chi connectivity index (χ4v) is 0.420. The Morgan fingerprint density at radius 1 is 1.31 bits per heavy atom. The third-order valence-electron chi connectivity index (χ3n) is 1.01. The van der Waals surface area contributed by atoms with Crippen molar-refractivity contribution < 1.29 is 43.9 Å². The van der Waals surface area contributed by atoms with Gasteiger partial charge in [-0.25, -0.2) is 4.79 Å². The zero-order valence-corrected chi connectivity index (χ0v) is 10.8. The number of halogens is 1. The Labute approximate surface area is 101 Å². The monoisotopic (exact) mass is 280 g/mol. The van der Waals surface area contributed by atoms with Crippen LogP contribution in [0, 0.1) is 0 Å². The number of amides is 1. The molecule has 1 amide bonds. The van der Waals surface area contributed by atoms with Crippen LogP contribution in [0.4, 0.5) is 4.79 Å². The predicted molar refractivity (Wildman–Crippen MR) is 52.6 cm³/mol. The number of nitrogens with two attached hydrogens (primary N) is 1. The molecule has 0 fully saturated rings. The first-order chi connectivity index (χ1) is 6.42. The molecule has 0 aromatic heterocycles. The molecule has 0 rings (SSSR count). The molecule has 0 heterocycles. The zero-order chi connectivity index (χ0) is 12.7. The van der Waals surface area contributed by atoms with Gasteiger partial charge in [0.1, 0.15) is 13.2 Å². The highest BCUT2D eigenvalue weighted by atomic mass is 35.5. The van der Waals surface area contributed by atoms with Crippen LogP contribution in [0.1, 0.15) is 0 Å². The molecule has 4 N–H and O–H groups in total. The molecule has 0 bridgehead atoms. The second kappa shape index (κ2) is 8.53. The Hall–Kier alpha value is -0.610. The summed E-state index contributed by atoms with van der Waals surface area (Å²) >= 11 is 0. The zero-order valence-electron chi connectivity index (χ0n) is 9.25. The molecule has 0 aliphatic rings. The van der Waals surface area contributed by atoms with Gasteiger partial charge in [0, 0.05) is 0 Å². The Balaban J connectivity index is -0.000000242. The van der Waals surface area contributed by atoms with E-state index in [1.54, 1.807) is 0 Å². The van der Waals surface area contributed by atoms with E-state index >= 15 is 0 Å². The lowest BCUT2D eigenvalue weighted by molar-refractivity contribution is -0.870. The van der Waals surface area contributed by atoms with E-state index < -0.39 is 16.5 Å². The van der Waals surface area contributed by atoms with Crippen LogP contribution in [0.2, 0.25) is 0 Å². The molecule has 0 aromatic rings. The number of quaternary nitrogens is 1. The number of carbonyl (C=O) groups is 1. The summed E-state index contributed by atoms with van der Waals surface area (Å²) in [5, 5.41) is 0. The average molecular weight is 281 g/mol. The van der Waals surface area contributed by atoms with Crippen LogP contribution < -0.4 is 18.1 Å². The van der Waals surface area contributed by atoms with E-state index in [0.29, 0.717) is 6.61 Å². The highest BCUT2D eigenvalue weighted by Crippen LogP contribution is 1.88. The van der Waals surface area contributed by atoms with Crippen molar-refractivity contribution in [3.63, 3.8) is 0 Å². The Kier molecular flexibility index (Phi) is 11.1. The lowest BCUT2D eigenvalue weighted by Gasteiger charge is -2.22. The van der Waals surface area contributed by atoms with Crippen LogP contribution in [0.5, 0.6) is 0 Å². The molecular weight excluding hydrogens is 264 g/mol. The van der Waals surface area contributed by atoms with Gasteiger partial charge in [-0.05, 0) is 0 Å². The maximum Gasteiger partial charge on any atom is 0.404 e. The van der Waals surface area contributed by atoms with E-state index in [1.165, 1.54) is 0 Å². The fraction of sp³-hybridized carbons (Fsp3) is 0.833. The first kappa shape index (κ1) is 20.8. The van der Waals surface area contributed by atoms with Crippen molar-refractivity contribution in [2.45, 2.75) is 0 Å². The van der Waals surface area contributed by atoms with Crippen LogP contribution in [0.15, 0.2) is 0 Å². The molecule has 0 atom stereocenters. The average Bonchev–Trinajstić information content (AvgIpc) is 1.77. The molecule has 0 aromatic carbocycles. The Morgan fingerprint density at radius 2 is 1.62 bits per heavy atom. The van der Waals surface area contributed by atoms with Gasteiger partial charge in [0.25, 0.3) is 0 Å². The third kappa shape index (κ3) is 50.3. The molecule has 10 heteroatoms. The first-order valence-electron chi connectivity index (χ1n) is 3.84. The van der Waals surface area contributed by atoms with Crippen LogP contribution >= 0.6 is 0 Å². The van der Waals surface area contributed by atoms with Gasteiger partial charge < -0.3 is 27.4 Å². The van der Waals surface area contributed by atoms with Crippen molar-refractivity contribution in [3.05, 3.63) is 0 Å². The molecule has 8 nitrogen and oxygen atoms in total. The summed E-state index contributed by atoms with van der Waals surface area (Å²) in [5.41, 5.74) is 4.75. The quantitative estimate of drug-likeness (QED) is 0.359. The van der Waals surface area contributed by atoms with Gasteiger partial charge in [0.05, 0.1) is 21.1 Å². The number of nitrogens with zero attached hydrogens (tertiary/aromatic N) is 1. The van der Waals surface area contributed by atoms with Gasteiger partial charge >= 0.3 is 16.5 Å². The number of likely N-dealkylation sites (N-methyl/N-ethyl adjacent to an activating group) is 1. The molecule has 0 saturated heterocycles. The second-order valence-electron chi connectivity index (χ2n) is 3.63. The van der Waals surface area contributed by atoms with Crippen molar-refractivity contribution in [1.82, 2.24) is 0 Å². The smallest absolute Gasteiger partial charge is 0.404 e. The molecule has 0 aliphatic heterocycles. The molecule has 0 saturated carbocycles. The Morgan fingerprint density at radius 3 is 1.81 bits per heavy atom. The van der Waals surface area contributed by atoms with Gasteiger partial charge in [-0.1, -0.05) is 0 Å². The molecule has 100 valence electrons. The summed E-state index contributed by atoms with van der Waals surface area (Å²) in [4.78, 5) is 10.1. The van der Waals surface area contributed by atoms with Gasteiger partial charge in [-0.3, -0.25) is 9.11 Å². The topological polar surface area (TPSA) is 127 Å². The number of hydrogen-bond acceptors (Lipinski definition) is 4. The van der Waals surface area contributed by atoms with Gasteiger partial charge in [0.15, 0.2) is 0 Å². The molecule has 16 heavy (non-hydrogen) atoms. The predicted octanol–water partition coefficient (Wildman–Crippen LogP) is -3.86. The standard InChI is InChI=1S/C6H14N2O2.ClH.H2O4S/c1-8(2,3)4-5-10-6(7)9;;1-5(2,3)4/h4-5H2,1-3H3,(H-,7,9);1H;(H2,1,2,3,4). The molecule has 0 aliphatic carbocycles. The van der Waals surface area contributed by atoms with E-state index in [0.717, 1.165) is 11.0 Å². The number of rotatable bonds is 3. The largest absolute Gasteiger partial charge is 1.00 e. The summed E-state index contributed by atoms with van der Waals surface area (Å²) in [7, 11) is 1.39. The van der Waals surface area contributed by atoms with Crippen LogP contribution in [0.3, 0.4) is 0 Å². The van der Waals surface area contributed by atoms with Crippen LogP contribution in [-0.4, -0.2) is 62.4 Å². The minimum Gasteiger partial charge on any atom is -1.00 e. The van der Waals surface area contributed by atoms with E-state index in [9.17, 15) is 4.79 Å². The maximum atomic E-state index is 10.1. The molecule has 0 spiro atoms. The highest BCUT2D eigenvalue weighted by molar-refractivity contribution is 7.79. The molecule has 0 radical (unpaired) electrons. The van der Waals surface area contributed by atoms with Crippen molar-refractivity contribution in [2.24, 2.45) is 5.73 Å². The summed E-state index contributed by atoms with van der Waals surface area (Å²) in [6.45, 7) is 1.17.